The van der Waals surface area contributed by atoms with Crippen molar-refractivity contribution in [1.29, 1.82) is 0 Å². The average molecular weight is 236 g/mol. The van der Waals surface area contributed by atoms with Gasteiger partial charge in [0.1, 0.15) is 5.54 Å². The standard InChI is InChI=1S/C12H16N2O3/c1-12(14-8-15,11(16)17-2)7-9-3-5-10(13)6-4-9/h3-6,8H,7,13H2,1-2H3,(H,14,15)/t12-/m1/s1. The van der Waals surface area contributed by atoms with Gasteiger partial charge in [-0.1, -0.05) is 12.1 Å². The number of benzene rings is 1. The number of ether oxygens (including phenoxy) is 1. The van der Waals surface area contributed by atoms with Gasteiger partial charge in [0.25, 0.3) is 0 Å². The summed E-state index contributed by atoms with van der Waals surface area (Å²) in [6.45, 7) is 1.61. The van der Waals surface area contributed by atoms with E-state index in [1.165, 1.54) is 7.11 Å². The number of hydrogen-bond acceptors (Lipinski definition) is 4. The summed E-state index contributed by atoms with van der Waals surface area (Å²) in [6, 6.07) is 7.11. The predicted octanol–water partition coefficient (Wildman–Crippen LogP) is 0.489. The van der Waals surface area contributed by atoms with Crippen LogP contribution in [0.4, 0.5) is 5.69 Å². The van der Waals surface area contributed by atoms with E-state index in [1.54, 1.807) is 19.1 Å². The molecule has 92 valence electrons. The van der Waals surface area contributed by atoms with Crippen molar-refractivity contribution in [1.82, 2.24) is 5.32 Å². The van der Waals surface area contributed by atoms with Crippen molar-refractivity contribution >= 4 is 18.1 Å². The highest BCUT2D eigenvalue weighted by molar-refractivity contribution is 5.83. The van der Waals surface area contributed by atoms with Gasteiger partial charge in [-0.3, -0.25) is 4.79 Å². The molecule has 0 saturated carbocycles. The van der Waals surface area contributed by atoms with Crippen molar-refractivity contribution in [2.45, 2.75) is 18.9 Å². The maximum absolute atomic E-state index is 11.6. The topological polar surface area (TPSA) is 81.4 Å². The number of anilines is 1. The number of nitrogens with one attached hydrogen (secondary N) is 1. The number of rotatable bonds is 5. The van der Waals surface area contributed by atoms with Crippen LogP contribution in [0.1, 0.15) is 12.5 Å². The van der Waals surface area contributed by atoms with E-state index in [0.29, 0.717) is 18.5 Å². The molecule has 0 aliphatic rings. The number of esters is 1. The zero-order chi connectivity index (χ0) is 12.9. The highest BCUT2D eigenvalue weighted by Crippen LogP contribution is 2.16. The molecule has 17 heavy (non-hydrogen) atoms. The second-order valence-corrected chi connectivity index (χ2v) is 4.00. The first-order valence-electron chi connectivity index (χ1n) is 5.16. The molecule has 1 rings (SSSR count). The Morgan fingerprint density at radius 3 is 2.53 bits per heavy atom. The lowest BCUT2D eigenvalue weighted by molar-refractivity contribution is -0.148. The van der Waals surface area contributed by atoms with Crippen LogP contribution in [-0.2, 0) is 20.7 Å². The molecule has 5 nitrogen and oxygen atoms in total. The molecule has 0 radical (unpaired) electrons. The molecule has 0 bridgehead atoms. The average Bonchev–Trinajstić information content (AvgIpc) is 2.31. The fourth-order valence-corrected chi connectivity index (χ4v) is 1.58. The van der Waals surface area contributed by atoms with Crippen molar-refractivity contribution in [2.75, 3.05) is 12.8 Å². The Balaban J connectivity index is 2.89. The minimum Gasteiger partial charge on any atom is -0.467 e. The van der Waals surface area contributed by atoms with Gasteiger partial charge in [-0.15, -0.1) is 0 Å². The monoisotopic (exact) mass is 236 g/mol. The van der Waals surface area contributed by atoms with Gasteiger partial charge in [-0.05, 0) is 24.6 Å². The molecule has 0 aromatic heterocycles. The van der Waals surface area contributed by atoms with Crippen LogP contribution in [0.2, 0.25) is 0 Å². The summed E-state index contributed by atoms with van der Waals surface area (Å²) < 4.78 is 4.68. The predicted molar refractivity (Wildman–Crippen MR) is 64.2 cm³/mol. The Kier molecular flexibility index (Phi) is 4.09. The van der Waals surface area contributed by atoms with E-state index in [2.05, 4.69) is 10.1 Å². The smallest absolute Gasteiger partial charge is 0.331 e. The zero-order valence-corrected chi connectivity index (χ0v) is 9.90. The van der Waals surface area contributed by atoms with Gasteiger partial charge < -0.3 is 15.8 Å². The van der Waals surface area contributed by atoms with Gasteiger partial charge in [-0.2, -0.15) is 0 Å². The van der Waals surface area contributed by atoms with Crippen LogP contribution in [0.5, 0.6) is 0 Å². The Morgan fingerprint density at radius 1 is 1.47 bits per heavy atom. The normalized spacial score (nSPS) is 13.5. The maximum Gasteiger partial charge on any atom is 0.331 e. The molecule has 0 spiro atoms. The number of nitrogen functional groups attached to an aromatic ring is 1. The molecule has 1 aromatic carbocycles. The second kappa shape index (κ2) is 5.34. The van der Waals surface area contributed by atoms with Crippen LogP contribution in [0.3, 0.4) is 0 Å². The molecule has 3 N–H and O–H groups in total. The van der Waals surface area contributed by atoms with E-state index in [4.69, 9.17) is 5.73 Å². The first-order valence-corrected chi connectivity index (χ1v) is 5.16. The molecule has 1 atom stereocenters. The molecule has 0 saturated heterocycles. The second-order valence-electron chi connectivity index (χ2n) is 4.00. The molecule has 0 fully saturated rings. The van der Waals surface area contributed by atoms with Crippen molar-refractivity contribution in [3.8, 4) is 0 Å². The first kappa shape index (κ1) is 13.0. The zero-order valence-electron chi connectivity index (χ0n) is 9.90. The third-order valence-electron chi connectivity index (χ3n) is 2.55. The molecular weight excluding hydrogens is 220 g/mol. The van der Waals surface area contributed by atoms with Gasteiger partial charge in [-0.25, -0.2) is 4.79 Å². The Labute approximate surface area is 99.9 Å². The summed E-state index contributed by atoms with van der Waals surface area (Å²) in [6.07, 6.45) is 0.840. The van der Waals surface area contributed by atoms with Crippen molar-refractivity contribution in [3.63, 3.8) is 0 Å². The van der Waals surface area contributed by atoms with Crippen LogP contribution in [0.25, 0.3) is 0 Å². The molecule has 5 heteroatoms. The number of hydrogen-bond donors (Lipinski definition) is 2. The minimum absolute atomic E-state index is 0.346. The molecular formula is C12H16N2O3. The molecule has 0 aliphatic carbocycles. The van der Waals surface area contributed by atoms with E-state index in [0.717, 1.165) is 5.56 Å². The number of methoxy groups -OCH3 is 1. The maximum atomic E-state index is 11.6. The Hall–Kier alpha value is -2.04. The summed E-state index contributed by atoms with van der Waals surface area (Å²) in [7, 11) is 1.29. The van der Waals surface area contributed by atoms with E-state index in [1.807, 2.05) is 12.1 Å². The fraction of sp³-hybridized carbons (Fsp3) is 0.333. The number of amides is 1. The highest BCUT2D eigenvalue weighted by Gasteiger charge is 2.33. The van der Waals surface area contributed by atoms with Gasteiger partial charge >= 0.3 is 5.97 Å². The number of carbonyl (C=O) groups excluding carboxylic acids is 2. The van der Waals surface area contributed by atoms with Crippen LogP contribution in [-0.4, -0.2) is 25.0 Å². The number of carbonyl (C=O) groups is 2. The van der Waals surface area contributed by atoms with Crippen molar-refractivity contribution in [3.05, 3.63) is 29.8 Å². The van der Waals surface area contributed by atoms with E-state index in [-0.39, 0.29) is 0 Å². The molecule has 1 amide bonds. The van der Waals surface area contributed by atoms with E-state index >= 15 is 0 Å². The summed E-state index contributed by atoms with van der Waals surface area (Å²) >= 11 is 0. The van der Waals surface area contributed by atoms with E-state index < -0.39 is 11.5 Å². The third-order valence-corrected chi connectivity index (χ3v) is 2.55. The SMILES string of the molecule is COC(=O)[C@@](C)(Cc1ccc(N)cc1)NC=O. The Bertz CT molecular complexity index is 403. The fourth-order valence-electron chi connectivity index (χ4n) is 1.58. The largest absolute Gasteiger partial charge is 0.467 e. The van der Waals surface area contributed by atoms with E-state index in [9.17, 15) is 9.59 Å². The first-order chi connectivity index (χ1) is 8.01. The highest BCUT2D eigenvalue weighted by atomic mass is 16.5. The van der Waals surface area contributed by atoms with Crippen LogP contribution >= 0.6 is 0 Å². The van der Waals surface area contributed by atoms with Gasteiger partial charge in [0.05, 0.1) is 7.11 Å². The molecule has 0 aliphatic heterocycles. The quantitative estimate of drug-likeness (QED) is 0.443. The molecule has 1 aromatic rings. The minimum atomic E-state index is -1.06. The summed E-state index contributed by atoms with van der Waals surface area (Å²) in [5.74, 6) is -0.485. The summed E-state index contributed by atoms with van der Waals surface area (Å²) in [5.41, 5.74) is 6.05. The van der Waals surface area contributed by atoms with Gasteiger partial charge in [0.2, 0.25) is 6.41 Å². The molecule has 0 heterocycles. The lowest BCUT2D eigenvalue weighted by Crippen LogP contribution is -2.51. The third kappa shape index (κ3) is 3.21. The van der Waals surface area contributed by atoms with Crippen LogP contribution < -0.4 is 11.1 Å². The van der Waals surface area contributed by atoms with Gasteiger partial charge in [0, 0.05) is 12.1 Å². The lowest BCUT2D eigenvalue weighted by Gasteiger charge is -2.25. The van der Waals surface area contributed by atoms with Gasteiger partial charge in [0.15, 0.2) is 0 Å². The summed E-state index contributed by atoms with van der Waals surface area (Å²) in [5, 5.41) is 2.49. The Morgan fingerprint density at radius 2 is 2.06 bits per heavy atom. The lowest BCUT2D eigenvalue weighted by atomic mass is 9.93. The molecule has 0 unspecified atom stereocenters. The van der Waals surface area contributed by atoms with Crippen molar-refractivity contribution in [2.24, 2.45) is 0 Å². The van der Waals surface area contributed by atoms with Crippen molar-refractivity contribution < 1.29 is 14.3 Å². The van der Waals surface area contributed by atoms with Crippen LogP contribution in [0, 0.1) is 0 Å². The van der Waals surface area contributed by atoms with Crippen LogP contribution in [0.15, 0.2) is 24.3 Å². The summed E-state index contributed by atoms with van der Waals surface area (Å²) in [4.78, 5) is 22.2. The number of nitrogens with two attached hydrogens (primary N) is 1.